The normalized spacial score (nSPS) is 24.7. The van der Waals surface area contributed by atoms with Gasteiger partial charge in [-0.15, -0.1) is 11.3 Å². The molecule has 2 aromatic rings. The molecule has 1 spiro atoms. The fourth-order valence-electron chi connectivity index (χ4n) is 5.38. The van der Waals surface area contributed by atoms with Crippen LogP contribution in [0.2, 0.25) is 0 Å². The molecule has 8 heteroatoms. The number of thiazole rings is 1. The topological polar surface area (TPSA) is 91.4 Å². The van der Waals surface area contributed by atoms with Crippen LogP contribution in [-0.2, 0) is 9.59 Å². The van der Waals surface area contributed by atoms with Crippen LogP contribution in [0.4, 0.5) is 9.93 Å². The van der Waals surface area contributed by atoms with Gasteiger partial charge in [0.05, 0.1) is 5.69 Å². The first-order valence-electron chi connectivity index (χ1n) is 11.0. The molecular formula is C24H30N4O3S. The molecule has 2 atom stereocenters. The molecule has 2 fully saturated rings. The van der Waals surface area contributed by atoms with Crippen molar-refractivity contribution in [2.24, 2.45) is 11.3 Å². The van der Waals surface area contributed by atoms with Gasteiger partial charge in [0, 0.05) is 10.4 Å². The first kappa shape index (κ1) is 22.5. The van der Waals surface area contributed by atoms with E-state index in [1.165, 1.54) is 11.3 Å². The zero-order valence-corrected chi connectivity index (χ0v) is 20.1. The third kappa shape index (κ3) is 4.28. The summed E-state index contributed by atoms with van der Waals surface area (Å²) in [7, 11) is 0. The highest BCUT2D eigenvalue weighted by Gasteiger charge is 2.56. The lowest BCUT2D eigenvalue weighted by Crippen LogP contribution is -2.54. The number of carbonyl (C=O) groups is 3. The van der Waals surface area contributed by atoms with Crippen LogP contribution in [0.1, 0.15) is 50.5 Å². The number of aromatic nitrogens is 1. The SMILES string of the molecule is Cc1ccc(-c2nc(NC(=O)CN3C(=O)NC4(CC(C)CC(C)(C)C4)C3=O)sc2C)cc1. The highest BCUT2D eigenvalue weighted by Crippen LogP contribution is 2.46. The smallest absolute Gasteiger partial charge is 0.323 e. The Labute approximate surface area is 192 Å². The van der Waals surface area contributed by atoms with Crippen LogP contribution in [0.5, 0.6) is 0 Å². The zero-order valence-electron chi connectivity index (χ0n) is 19.2. The number of nitrogens with one attached hydrogen (secondary N) is 2. The number of rotatable bonds is 4. The molecule has 1 aromatic carbocycles. The van der Waals surface area contributed by atoms with Gasteiger partial charge in [0.1, 0.15) is 12.1 Å². The van der Waals surface area contributed by atoms with E-state index in [4.69, 9.17) is 0 Å². The summed E-state index contributed by atoms with van der Waals surface area (Å²) in [5.74, 6) is -0.416. The molecule has 1 saturated heterocycles. The molecule has 1 aliphatic heterocycles. The van der Waals surface area contributed by atoms with Crippen LogP contribution in [-0.4, -0.2) is 39.8 Å². The number of hydrogen-bond donors (Lipinski definition) is 2. The van der Waals surface area contributed by atoms with Crippen LogP contribution in [0.25, 0.3) is 11.3 Å². The molecule has 1 aromatic heterocycles. The molecule has 2 unspecified atom stereocenters. The standard InChI is InChI=1S/C24H30N4O3S/c1-14-6-8-17(9-7-14)19-16(3)32-21(26-19)25-18(29)12-28-20(30)24(27-22(28)31)11-15(2)10-23(4,5)13-24/h6-9,15H,10-13H2,1-5H3,(H,27,31)(H,25,26,29). The lowest BCUT2D eigenvalue weighted by atomic mass is 9.64. The Hall–Kier alpha value is -2.74. The van der Waals surface area contributed by atoms with Crippen molar-refractivity contribution in [2.45, 2.75) is 59.4 Å². The van der Waals surface area contributed by atoms with Gasteiger partial charge < -0.3 is 10.6 Å². The minimum absolute atomic E-state index is 0.0519. The number of amides is 4. The predicted molar refractivity (Wildman–Crippen MR) is 125 cm³/mol. The van der Waals surface area contributed by atoms with Crippen molar-refractivity contribution in [1.29, 1.82) is 0 Å². The van der Waals surface area contributed by atoms with Gasteiger partial charge in [-0.05, 0) is 44.4 Å². The van der Waals surface area contributed by atoms with Crippen molar-refractivity contribution >= 4 is 34.3 Å². The first-order valence-corrected chi connectivity index (χ1v) is 11.8. The number of hydrogen-bond acceptors (Lipinski definition) is 5. The van der Waals surface area contributed by atoms with Crippen molar-refractivity contribution in [1.82, 2.24) is 15.2 Å². The molecule has 1 aliphatic carbocycles. The minimum atomic E-state index is -0.908. The average Bonchev–Trinajstić information content (AvgIpc) is 3.13. The van der Waals surface area contributed by atoms with Crippen molar-refractivity contribution in [2.75, 3.05) is 11.9 Å². The summed E-state index contributed by atoms with van der Waals surface area (Å²) in [4.78, 5) is 45.2. The van der Waals surface area contributed by atoms with Gasteiger partial charge in [-0.1, -0.05) is 50.6 Å². The van der Waals surface area contributed by atoms with Gasteiger partial charge in [0.25, 0.3) is 5.91 Å². The number of benzene rings is 1. The molecule has 0 radical (unpaired) electrons. The first-order chi connectivity index (χ1) is 15.0. The van der Waals surface area contributed by atoms with Crippen LogP contribution < -0.4 is 10.6 Å². The molecule has 1 saturated carbocycles. The molecule has 4 rings (SSSR count). The maximum atomic E-state index is 13.2. The second kappa shape index (κ2) is 7.99. The van der Waals surface area contributed by atoms with Crippen LogP contribution in [0.3, 0.4) is 0 Å². The van der Waals surface area contributed by atoms with E-state index in [1.54, 1.807) is 0 Å². The highest BCUT2D eigenvalue weighted by molar-refractivity contribution is 7.16. The Morgan fingerprint density at radius 2 is 1.91 bits per heavy atom. The number of carbonyl (C=O) groups excluding carboxylic acids is 3. The van der Waals surface area contributed by atoms with Gasteiger partial charge in [-0.3, -0.25) is 14.5 Å². The van der Waals surface area contributed by atoms with Crippen LogP contribution in [0.15, 0.2) is 24.3 Å². The number of urea groups is 1. The Morgan fingerprint density at radius 1 is 1.22 bits per heavy atom. The summed E-state index contributed by atoms with van der Waals surface area (Å²) < 4.78 is 0. The second-order valence-electron chi connectivity index (χ2n) is 10.1. The lowest BCUT2D eigenvalue weighted by molar-refractivity contribution is -0.136. The van der Waals surface area contributed by atoms with E-state index in [9.17, 15) is 14.4 Å². The fourth-order valence-corrected chi connectivity index (χ4v) is 6.23. The van der Waals surface area contributed by atoms with E-state index < -0.39 is 17.5 Å². The maximum absolute atomic E-state index is 13.2. The molecule has 2 N–H and O–H groups in total. The number of nitrogens with zero attached hydrogens (tertiary/aromatic N) is 2. The monoisotopic (exact) mass is 454 g/mol. The Balaban J connectivity index is 1.46. The Bertz CT molecular complexity index is 1080. The largest absolute Gasteiger partial charge is 0.325 e. The van der Waals surface area contributed by atoms with E-state index in [0.29, 0.717) is 23.9 Å². The highest BCUT2D eigenvalue weighted by atomic mass is 32.1. The van der Waals surface area contributed by atoms with Crippen molar-refractivity contribution in [3.63, 3.8) is 0 Å². The van der Waals surface area contributed by atoms with Gasteiger partial charge >= 0.3 is 6.03 Å². The summed E-state index contributed by atoms with van der Waals surface area (Å²) in [6, 6.07) is 7.55. The zero-order chi connectivity index (χ0) is 23.3. The third-order valence-corrected chi connectivity index (χ3v) is 7.18. The van der Waals surface area contributed by atoms with Gasteiger partial charge in [0.2, 0.25) is 5.91 Å². The number of anilines is 1. The minimum Gasteiger partial charge on any atom is -0.323 e. The summed E-state index contributed by atoms with van der Waals surface area (Å²) >= 11 is 1.38. The van der Waals surface area contributed by atoms with Crippen LogP contribution in [0, 0.1) is 25.2 Å². The second-order valence-corrected chi connectivity index (χ2v) is 11.3. The van der Waals surface area contributed by atoms with E-state index in [-0.39, 0.29) is 17.9 Å². The number of imide groups is 1. The van der Waals surface area contributed by atoms with E-state index in [0.717, 1.165) is 33.0 Å². The Morgan fingerprint density at radius 3 is 2.56 bits per heavy atom. The van der Waals surface area contributed by atoms with Gasteiger partial charge in [0.15, 0.2) is 5.13 Å². The molecule has 4 amide bonds. The molecule has 32 heavy (non-hydrogen) atoms. The van der Waals surface area contributed by atoms with Crippen LogP contribution >= 0.6 is 11.3 Å². The summed E-state index contributed by atoms with van der Waals surface area (Å²) in [6.07, 6.45) is 2.19. The molecule has 0 bridgehead atoms. The molecule has 2 aliphatic rings. The Kier molecular flexibility index (Phi) is 5.61. The van der Waals surface area contributed by atoms with Crippen molar-refractivity contribution in [3.8, 4) is 11.3 Å². The van der Waals surface area contributed by atoms with Crippen molar-refractivity contribution in [3.05, 3.63) is 34.7 Å². The van der Waals surface area contributed by atoms with E-state index in [1.807, 2.05) is 38.1 Å². The molecule has 2 heterocycles. The van der Waals surface area contributed by atoms with E-state index >= 15 is 0 Å². The third-order valence-electron chi connectivity index (χ3n) is 6.29. The van der Waals surface area contributed by atoms with Gasteiger partial charge in [-0.2, -0.15) is 0 Å². The average molecular weight is 455 g/mol. The van der Waals surface area contributed by atoms with Gasteiger partial charge in [-0.25, -0.2) is 9.78 Å². The lowest BCUT2D eigenvalue weighted by Gasteiger charge is -2.43. The predicted octanol–water partition coefficient (Wildman–Crippen LogP) is 4.50. The summed E-state index contributed by atoms with van der Waals surface area (Å²) in [6.45, 7) is 10.0. The molecular weight excluding hydrogens is 424 g/mol. The maximum Gasteiger partial charge on any atom is 0.325 e. The fraction of sp³-hybridized carbons (Fsp3) is 0.500. The molecule has 170 valence electrons. The number of aryl methyl sites for hydroxylation is 2. The summed E-state index contributed by atoms with van der Waals surface area (Å²) in [5, 5.41) is 6.13. The van der Waals surface area contributed by atoms with Crippen molar-refractivity contribution < 1.29 is 14.4 Å². The quantitative estimate of drug-likeness (QED) is 0.666. The summed E-state index contributed by atoms with van der Waals surface area (Å²) in [5.41, 5.74) is 2.00. The van der Waals surface area contributed by atoms with E-state index in [2.05, 4.69) is 36.4 Å². The molecule has 7 nitrogen and oxygen atoms in total.